The zero-order chi connectivity index (χ0) is 18.1. The molecule has 0 aliphatic heterocycles. The molecular formula is C18H23N7O. The molecule has 26 heavy (non-hydrogen) atoms. The molecule has 2 aromatic heterocycles. The molecule has 8 heteroatoms. The van der Waals surface area contributed by atoms with E-state index in [1.165, 1.54) is 19.3 Å². The summed E-state index contributed by atoms with van der Waals surface area (Å²) in [6.45, 7) is 0. The minimum absolute atomic E-state index is 0.156. The van der Waals surface area contributed by atoms with Crippen LogP contribution < -0.4 is 5.32 Å². The Bertz CT molecular complexity index is 836. The predicted octanol–water partition coefficient (Wildman–Crippen LogP) is 2.08. The van der Waals surface area contributed by atoms with Crippen molar-refractivity contribution in [2.75, 3.05) is 0 Å². The Hall–Kier alpha value is -2.69. The second-order valence-corrected chi connectivity index (χ2v) is 7.42. The standard InChI is InChI=1S/C18H23N7O/c1-24-15(7-10-20-24)17(26)21-16(13-5-3-2-4-6-13)14-11-25(23-22-14)18(12-19)8-9-18/h7,10-11,13,16H,2-6,8-9H2,1H3,(H,21,26)/t16-/m0/s1. The van der Waals surface area contributed by atoms with E-state index >= 15 is 0 Å². The van der Waals surface area contributed by atoms with E-state index in [2.05, 4.69) is 26.8 Å². The molecule has 2 saturated carbocycles. The Kier molecular flexibility index (Phi) is 4.23. The summed E-state index contributed by atoms with van der Waals surface area (Å²) in [5.74, 6) is 0.180. The van der Waals surface area contributed by atoms with E-state index in [1.54, 1.807) is 28.7 Å². The summed E-state index contributed by atoms with van der Waals surface area (Å²) >= 11 is 0. The van der Waals surface area contributed by atoms with Crippen LogP contribution in [0.25, 0.3) is 0 Å². The third kappa shape index (κ3) is 2.98. The molecule has 0 saturated heterocycles. The average molecular weight is 353 g/mol. The minimum Gasteiger partial charge on any atom is -0.342 e. The molecule has 1 N–H and O–H groups in total. The first-order chi connectivity index (χ1) is 12.6. The molecule has 1 atom stereocenters. The maximum atomic E-state index is 12.7. The summed E-state index contributed by atoms with van der Waals surface area (Å²) in [7, 11) is 1.75. The lowest BCUT2D eigenvalue weighted by Crippen LogP contribution is -2.35. The number of aromatic nitrogens is 5. The van der Waals surface area contributed by atoms with Crippen molar-refractivity contribution in [3.05, 3.63) is 29.8 Å². The average Bonchev–Trinajstić information content (AvgIpc) is 3.09. The number of rotatable bonds is 5. The molecular weight excluding hydrogens is 330 g/mol. The lowest BCUT2D eigenvalue weighted by atomic mass is 9.82. The van der Waals surface area contributed by atoms with Crippen molar-refractivity contribution >= 4 is 5.91 Å². The molecule has 8 nitrogen and oxygen atoms in total. The molecule has 0 radical (unpaired) electrons. The topological polar surface area (TPSA) is 101 Å². The molecule has 0 aromatic carbocycles. The number of hydrogen-bond acceptors (Lipinski definition) is 5. The van der Waals surface area contributed by atoms with Crippen LogP contribution in [0.15, 0.2) is 18.5 Å². The van der Waals surface area contributed by atoms with E-state index in [-0.39, 0.29) is 11.9 Å². The van der Waals surface area contributed by atoms with Crippen LogP contribution >= 0.6 is 0 Å². The zero-order valence-corrected chi connectivity index (χ0v) is 14.9. The molecule has 2 aliphatic rings. The number of nitrogens with zero attached hydrogens (tertiary/aromatic N) is 6. The Morgan fingerprint density at radius 2 is 2.15 bits per heavy atom. The van der Waals surface area contributed by atoms with Gasteiger partial charge in [0.25, 0.3) is 5.91 Å². The van der Waals surface area contributed by atoms with Gasteiger partial charge in [-0.1, -0.05) is 24.5 Å². The van der Waals surface area contributed by atoms with Crippen molar-refractivity contribution in [3.8, 4) is 6.07 Å². The van der Waals surface area contributed by atoms with Crippen LogP contribution in [0.1, 0.15) is 67.2 Å². The number of hydrogen-bond donors (Lipinski definition) is 1. The van der Waals surface area contributed by atoms with Crippen molar-refractivity contribution in [2.45, 2.75) is 56.5 Å². The molecule has 2 aromatic rings. The smallest absolute Gasteiger partial charge is 0.270 e. The lowest BCUT2D eigenvalue weighted by molar-refractivity contribution is 0.0901. The van der Waals surface area contributed by atoms with Crippen molar-refractivity contribution in [1.29, 1.82) is 5.26 Å². The Labute approximate surface area is 152 Å². The Morgan fingerprint density at radius 3 is 2.77 bits per heavy atom. The Morgan fingerprint density at radius 1 is 1.38 bits per heavy atom. The third-order valence-electron chi connectivity index (χ3n) is 5.66. The number of aryl methyl sites for hydroxylation is 1. The van der Waals surface area contributed by atoms with Crippen LogP contribution in [0, 0.1) is 17.2 Å². The highest BCUT2D eigenvalue weighted by Crippen LogP contribution is 2.42. The molecule has 136 valence electrons. The fourth-order valence-corrected chi connectivity index (χ4v) is 3.85. The fourth-order valence-electron chi connectivity index (χ4n) is 3.85. The van der Waals surface area contributed by atoms with E-state index in [4.69, 9.17) is 0 Å². The summed E-state index contributed by atoms with van der Waals surface area (Å²) in [6, 6.07) is 3.85. The fraction of sp³-hybridized carbons (Fsp3) is 0.611. The number of amides is 1. The summed E-state index contributed by atoms with van der Waals surface area (Å²) < 4.78 is 3.24. The second-order valence-electron chi connectivity index (χ2n) is 7.42. The second kappa shape index (κ2) is 6.56. The SMILES string of the molecule is Cn1nccc1C(=O)N[C@H](c1cn(C2(C#N)CC2)nn1)C1CCCCC1. The van der Waals surface area contributed by atoms with Gasteiger partial charge in [-0.3, -0.25) is 9.48 Å². The molecule has 2 fully saturated rings. The molecule has 0 bridgehead atoms. The third-order valence-corrected chi connectivity index (χ3v) is 5.66. The van der Waals surface area contributed by atoms with E-state index in [9.17, 15) is 10.1 Å². The van der Waals surface area contributed by atoms with Gasteiger partial charge in [-0.2, -0.15) is 10.4 Å². The molecule has 1 amide bonds. The van der Waals surface area contributed by atoms with Gasteiger partial charge in [0, 0.05) is 13.2 Å². The first-order valence-electron chi connectivity index (χ1n) is 9.26. The monoisotopic (exact) mass is 353 g/mol. The largest absolute Gasteiger partial charge is 0.342 e. The predicted molar refractivity (Wildman–Crippen MR) is 92.8 cm³/mol. The van der Waals surface area contributed by atoms with Crippen LogP contribution in [0.3, 0.4) is 0 Å². The van der Waals surface area contributed by atoms with Crippen LogP contribution in [-0.2, 0) is 12.6 Å². The summed E-state index contributed by atoms with van der Waals surface area (Å²) in [5, 5.41) is 25.1. The van der Waals surface area contributed by atoms with Gasteiger partial charge >= 0.3 is 0 Å². The van der Waals surface area contributed by atoms with Gasteiger partial charge < -0.3 is 5.32 Å². The summed E-state index contributed by atoms with van der Waals surface area (Å²) in [4.78, 5) is 12.7. The first kappa shape index (κ1) is 16.8. The van der Waals surface area contributed by atoms with Crippen molar-refractivity contribution in [1.82, 2.24) is 30.1 Å². The molecule has 0 spiro atoms. The highest BCUT2D eigenvalue weighted by Gasteiger charge is 2.47. The number of carbonyl (C=O) groups excluding carboxylic acids is 1. The van der Waals surface area contributed by atoms with Crippen LogP contribution in [0.4, 0.5) is 0 Å². The van der Waals surface area contributed by atoms with Crippen molar-refractivity contribution < 1.29 is 4.79 Å². The number of nitriles is 1. The normalized spacial score (nSPS) is 20.3. The van der Waals surface area contributed by atoms with Gasteiger partial charge in [0.15, 0.2) is 5.54 Å². The number of carbonyl (C=O) groups is 1. The number of nitrogens with one attached hydrogen (secondary N) is 1. The van der Waals surface area contributed by atoms with Crippen LogP contribution in [-0.4, -0.2) is 30.7 Å². The Balaban J connectivity index is 1.60. The molecule has 2 aliphatic carbocycles. The highest BCUT2D eigenvalue weighted by atomic mass is 16.2. The van der Waals surface area contributed by atoms with Gasteiger partial charge in [0.05, 0.1) is 18.3 Å². The van der Waals surface area contributed by atoms with Gasteiger partial charge in [-0.05, 0) is 37.7 Å². The lowest BCUT2D eigenvalue weighted by Gasteiger charge is -2.29. The van der Waals surface area contributed by atoms with E-state index in [0.29, 0.717) is 11.6 Å². The zero-order valence-electron chi connectivity index (χ0n) is 14.9. The van der Waals surface area contributed by atoms with E-state index in [0.717, 1.165) is 31.4 Å². The van der Waals surface area contributed by atoms with Crippen LogP contribution in [0.2, 0.25) is 0 Å². The van der Waals surface area contributed by atoms with Crippen molar-refractivity contribution in [2.24, 2.45) is 13.0 Å². The van der Waals surface area contributed by atoms with E-state index < -0.39 is 5.54 Å². The summed E-state index contributed by atoms with van der Waals surface area (Å²) in [5.41, 5.74) is 0.733. The molecule has 0 unspecified atom stereocenters. The van der Waals surface area contributed by atoms with Crippen LogP contribution in [0.5, 0.6) is 0 Å². The van der Waals surface area contributed by atoms with Gasteiger partial charge in [-0.15, -0.1) is 5.10 Å². The quantitative estimate of drug-likeness (QED) is 0.887. The van der Waals surface area contributed by atoms with Gasteiger partial charge in [0.2, 0.25) is 0 Å². The maximum Gasteiger partial charge on any atom is 0.270 e. The minimum atomic E-state index is -0.533. The first-order valence-corrected chi connectivity index (χ1v) is 9.26. The van der Waals surface area contributed by atoms with Gasteiger partial charge in [0.1, 0.15) is 11.4 Å². The van der Waals surface area contributed by atoms with E-state index in [1.807, 2.05) is 6.20 Å². The van der Waals surface area contributed by atoms with Gasteiger partial charge in [-0.25, -0.2) is 4.68 Å². The summed E-state index contributed by atoms with van der Waals surface area (Å²) in [6.07, 6.45) is 10.8. The highest BCUT2D eigenvalue weighted by molar-refractivity contribution is 5.92. The molecule has 4 rings (SSSR count). The van der Waals surface area contributed by atoms with Crippen molar-refractivity contribution in [3.63, 3.8) is 0 Å². The molecule has 2 heterocycles. The maximum absolute atomic E-state index is 12.7.